The van der Waals surface area contributed by atoms with E-state index in [0.29, 0.717) is 4.47 Å². The van der Waals surface area contributed by atoms with Crippen molar-refractivity contribution >= 4 is 29.1 Å². The van der Waals surface area contributed by atoms with Gasteiger partial charge in [0.1, 0.15) is 0 Å². The van der Waals surface area contributed by atoms with Gasteiger partial charge in [0, 0.05) is 24.6 Å². The van der Waals surface area contributed by atoms with E-state index in [-0.39, 0.29) is 0 Å². The molecule has 0 unspecified atom stereocenters. The van der Waals surface area contributed by atoms with Gasteiger partial charge in [-0.2, -0.15) is 9.36 Å². The number of halogens is 1. The highest BCUT2D eigenvalue weighted by Crippen LogP contribution is 2.20. The Morgan fingerprint density at radius 3 is 2.38 bits per heavy atom. The first-order valence-electron chi connectivity index (χ1n) is 4.60. The van der Waals surface area contributed by atoms with Gasteiger partial charge in [-0.1, -0.05) is 12.8 Å². The first kappa shape index (κ1) is 9.21. The van der Waals surface area contributed by atoms with E-state index in [4.69, 9.17) is 11.6 Å². The third kappa shape index (κ3) is 2.31. The van der Waals surface area contributed by atoms with Crippen molar-refractivity contribution in [3.63, 3.8) is 0 Å². The molecule has 1 aliphatic heterocycles. The maximum atomic E-state index is 5.74. The molecule has 13 heavy (non-hydrogen) atoms. The quantitative estimate of drug-likeness (QED) is 0.724. The predicted octanol–water partition coefficient (Wildman–Crippen LogP) is 2.57. The lowest BCUT2D eigenvalue weighted by Gasteiger charge is -2.17. The first-order chi connectivity index (χ1) is 6.36. The topological polar surface area (TPSA) is 29.0 Å². The van der Waals surface area contributed by atoms with Crippen molar-refractivity contribution in [2.45, 2.75) is 25.7 Å². The molecule has 0 amide bonds. The Kier molecular flexibility index (Phi) is 3.01. The summed E-state index contributed by atoms with van der Waals surface area (Å²) in [5.41, 5.74) is 0. The molecule has 3 nitrogen and oxygen atoms in total. The molecule has 0 atom stereocenters. The summed E-state index contributed by atoms with van der Waals surface area (Å²) in [6.07, 6.45) is 5.15. The van der Waals surface area contributed by atoms with Gasteiger partial charge in [-0.15, -0.1) is 0 Å². The summed E-state index contributed by atoms with van der Waals surface area (Å²) in [7, 11) is 0. The number of nitrogens with zero attached hydrogens (tertiary/aromatic N) is 3. The molecule has 0 radical (unpaired) electrons. The number of hydrogen-bond acceptors (Lipinski definition) is 4. The molecule has 5 heteroatoms. The molecule has 0 N–H and O–H groups in total. The number of rotatable bonds is 1. The average Bonchev–Trinajstić information content (AvgIpc) is 2.43. The Bertz CT molecular complexity index is 268. The number of hydrogen-bond donors (Lipinski definition) is 0. The van der Waals surface area contributed by atoms with Crippen LogP contribution in [-0.4, -0.2) is 22.4 Å². The molecule has 1 saturated heterocycles. The molecule has 72 valence electrons. The molecule has 2 heterocycles. The summed E-state index contributed by atoms with van der Waals surface area (Å²) in [6, 6.07) is 0. The highest BCUT2D eigenvalue weighted by molar-refractivity contribution is 7.10. The van der Waals surface area contributed by atoms with Crippen molar-refractivity contribution in [2.75, 3.05) is 18.0 Å². The molecule has 0 bridgehead atoms. The molecule has 1 fully saturated rings. The highest BCUT2D eigenvalue weighted by Gasteiger charge is 2.13. The highest BCUT2D eigenvalue weighted by atomic mass is 35.5. The van der Waals surface area contributed by atoms with Gasteiger partial charge in [-0.05, 0) is 24.4 Å². The van der Waals surface area contributed by atoms with E-state index in [1.165, 1.54) is 37.2 Å². The van der Waals surface area contributed by atoms with Crippen molar-refractivity contribution in [1.82, 2.24) is 9.36 Å². The van der Waals surface area contributed by atoms with Crippen LogP contribution >= 0.6 is 23.1 Å². The zero-order valence-electron chi connectivity index (χ0n) is 7.37. The Hall–Kier alpha value is -0.350. The molecular weight excluding hydrogens is 206 g/mol. The molecule has 1 aliphatic rings. The third-order valence-electron chi connectivity index (χ3n) is 2.28. The fourth-order valence-electron chi connectivity index (χ4n) is 1.60. The van der Waals surface area contributed by atoms with Gasteiger partial charge in [0.05, 0.1) is 0 Å². The molecular formula is C8H12ClN3S. The molecule has 0 aromatic carbocycles. The molecule has 0 saturated carbocycles. The summed E-state index contributed by atoms with van der Waals surface area (Å²) in [6.45, 7) is 2.15. The standard InChI is InChI=1S/C8H12ClN3S/c9-7-10-8(11-13-7)12-5-3-1-2-4-6-12/h1-6H2. The fraction of sp³-hybridized carbons (Fsp3) is 0.750. The molecule has 2 rings (SSSR count). The number of anilines is 1. The van der Waals surface area contributed by atoms with Crippen LogP contribution in [0.3, 0.4) is 0 Å². The smallest absolute Gasteiger partial charge is 0.238 e. The van der Waals surface area contributed by atoms with E-state index in [2.05, 4.69) is 14.3 Å². The summed E-state index contributed by atoms with van der Waals surface area (Å²) in [5.74, 6) is 0.817. The fourth-order valence-corrected chi connectivity index (χ4v) is 2.21. The van der Waals surface area contributed by atoms with Gasteiger partial charge in [0.15, 0.2) is 0 Å². The van der Waals surface area contributed by atoms with Crippen LogP contribution in [0, 0.1) is 0 Å². The van der Waals surface area contributed by atoms with Crippen LogP contribution in [-0.2, 0) is 0 Å². The molecule has 0 aliphatic carbocycles. The van der Waals surface area contributed by atoms with Gasteiger partial charge in [0.2, 0.25) is 10.4 Å². The van der Waals surface area contributed by atoms with Crippen LogP contribution < -0.4 is 4.90 Å². The largest absolute Gasteiger partial charge is 0.340 e. The lowest BCUT2D eigenvalue weighted by atomic mass is 10.2. The second-order valence-corrected chi connectivity index (χ2v) is 4.58. The van der Waals surface area contributed by atoms with Gasteiger partial charge >= 0.3 is 0 Å². The van der Waals surface area contributed by atoms with Crippen molar-refractivity contribution in [2.24, 2.45) is 0 Å². The first-order valence-corrected chi connectivity index (χ1v) is 5.75. The monoisotopic (exact) mass is 217 g/mol. The maximum absolute atomic E-state index is 5.74. The lowest BCUT2D eigenvalue weighted by molar-refractivity contribution is 0.726. The zero-order chi connectivity index (χ0) is 9.10. The van der Waals surface area contributed by atoms with Crippen molar-refractivity contribution in [1.29, 1.82) is 0 Å². The number of aromatic nitrogens is 2. The minimum absolute atomic E-state index is 0.541. The van der Waals surface area contributed by atoms with Crippen LogP contribution in [0.15, 0.2) is 0 Å². The van der Waals surface area contributed by atoms with Crippen LogP contribution in [0.1, 0.15) is 25.7 Å². The van der Waals surface area contributed by atoms with E-state index in [9.17, 15) is 0 Å². The van der Waals surface area contributed by atoms with Crippen molar-refractivity contribution in [3.05, 3.63) is 4.47 Å². The SMILES string of the molecule is Clc1nc(N2CCCCCC2)ns1. The van der Waals surface area contributed by atoms with Gasteiger partial charge in [-0.25, -0.2) is 0 Å². The van der Waals surface area contributed by atoms with Crippen LogP contribution in [0.25, 0.3) is 0 Å². The Labute approximate surface area is 86.9 Å². The van der Waals surface area contributed by atoms with Gasteiger partial charge in [0.25, 0.3) is 0 Å². The van der Waals surface area contributed by atoms with Gasteiger partial charge < -0.3 is 4.90 Å². The van der Waals surface area contributed by atoms with E-state index in [1.54, 1.807) is 0 Å². The minimum Gasteiger partial charge on any atom is -0.340 e. The summed E-state index contributed by atoms with van der Waals surface area (Å²) in [4.78, 5) is 6.41. The molecule has 1 aromatic heterocycles. The maximum Gasteiger partial charge on any atom is 0.238 e. The minimum atomic E-state index is 0.541. The Morgan fingerprint density at radius 2 is 1.85 bits per heavy atom. The zero-order valence-corrected chi connectivity index (χ0v) is 8.94. The normalized spacial score (nSPS) is 18.7. The Balaban J connectivity index is 2.06. The Morgan fingerprint density at radius 1 is 1.15 bits per heavy atom. The summed E-state index contributed by atoms with van der Waals surface area (Å²) < 4.78 is 4.75. The molecule has 0 spiro atoms. The van der Waals surface area contributed by atoms with E-state index < -0.39 is 0 Å². The second kappa shape index (κ2) is 4.24. The summed E-state index contributed by atoms with van der Waals surface area (Å²) in [5, 5.41) is 0. The lowest BCUT2D eigenvalue weighted by Crippen LogP contribution is -2.24. The van der Waals surface area contributed by atoms with Crippen LogP contribution in [0.2, 0.25) is 4.47 Å². The molecule has 1 aromatic rings. The predicted molar refractivity (Wildman–Crippen MR) is 55.6 cm³/mol. The average molecular weight is 218 g/mol. The van der Waals surface area contributed by atoms with E-state index >= 15 is 0 Å². The van der Waals surface area contributed by atoms with Gasteiger partial charge in [-0.3, -0.25) is 0 Å². The summed E-state index contributed by atoms with van der Waals surface area (Å²) >= 11 is 7.01. The second-order valence-electron chi connectivity index (χ2n) is 3.25. The van der Waals surface area contributed by atoms with E-state index in [0.717, 1.165) is 19.0 Å². The third-order valence-corrected chi connectivity index (χ3v) is 3.07. The van der Waals surface area contributed by atoms with Crippen molar-refractivity contribution < 1.29 is 0 Å². The van der Waals surface area contributed by atoms with E-state index in [1.807, 2.05) is 0 Å². The van der Waals surface area contributed by atoms with Crippen LogP contribution in [0.4, 0.5) is 5.95 Å². The van der Waals surface area contributed by atoms with Crippen LogP contribution in [0.5, 0.6) is 0 Å². The van der Waals surface area contributed by atoms with Crippen molar-refractivity contribution in [3.8, 4) is 0 Å².